The van der Waals surface area contributed by atoms with E-state index in [1.165, 1.54) is 4.88 Å². The van der Waals surface area contributed by atoms with E-state index >= 15 is 0 Å². The quantitative estimate of drug-likeness (QED) is 0.785. The summed E-state index contributed by atoms with van der Waals surface area (Å²) < 4.78 is 10.4. The number of rotatable bonds is 7. The van der Waals surface area contributed by atoms with Crippen LogP contribution in [0.15, 0.2) is 5.38 Å². The fourth-order valence-corrected chi connectivity index (χ4v) is 2.93. The van der Waals surface area contributed by atoms with E-state index < -0.39 is 0 Å². The zero-order chi connectivity index (χ0) is 14.5. The van der Waals surface area contributed by atoms with Crippen molar-refractivity contribution in [3.05, 3.63) is 16.1 Å². The molecule has 0 fully saturated rings. The topological polar surface area (TPSA) is 47.5 Å². The summed E-state index contributed by atoms with van der Waals surface area (Å²) in [6, 6.07) is 0. The Morgan fingerprint density at radius 3 is 2.35 bits per heavy atom. The predicted molar refractivity (Wildman–Crippen MR) is 82.9 cm³/mol. The third kappa shape index (κ3) is 3.26. The molecule has 2 heterocycles. The highest BCUT2D eigenvalue weighted by atomic mass is 32.1. The summed E-state index contributed by atoms with van der Waals surface area (Å²) in [5.74, 6) is 1.78. The molecule has 0 atom stereocenters. The van der Waals surface area contributed by atoms with Crippen LogP contribution in [-0.2, 0) is 9.47 Å². The van der Waals surface area contributed by atoms with Gasteiger partial charge in [0, 0.05) is 37.6 Å². The van der Waals surface area contributed by atoms with Gasteiger partial charge in [0.1, 0.15) is 11.6 Å². The Bertz CT molecular complexity index is 563. The summed E-state index contributed by atoms with van der Waals surface area (Å²) in [5.41, 5.74) is 1.02. The molecule has 2 aromatic heterocycles. The van der Waals surface area contributed by atoms with Gasteiger partial charge in [-0.25, -0.2) is 9.97 Å². The SMILES string of the molecule is COCCN(CCOC)c1nc(C)nc2csc(C)c12. The molecule has 0 radical (unpaired) electrons. The van der Waals surface area contributed by atoms with Crippen LogP contribution in [0.3, 0.4) is 0 Å². The van der Waals surface area contributed by atoms with Crippen molar-refractivity contribution >= 4 is 28.1 Å². The lowest BCUT2D eigenvalue weighted by atomic mass is 10.2. The zero-order valence-electron chi connectivity index (χ0n) is 12.5. The average molecular weight is 295 g/mol. The second-order valence-electron chi connectivity index (χ2n) is 4.62. The van der Waals surface area contributed by atoms with Gasteiger partial charge in [0.05, 0.1) is 24.1 Å². The highest BCUT2D eigenvalue weighted by molar-refractivity contribution is 7.11. The van der Waals surface area contributed by atoms with Crippen molar-refractivity contribution in [1.82, 2.24) is 9.97 Å². The van der Waals surface area contributed by atoms with Gasteiger partial charge in [0.2, 0.25) is 0 Å². The van der Waals surface area contributed by atoms with E-state index in [0.717, 1.165) is 35.6 Å². The number of ether oxygens (including phenoxy) is 2. The molecule has 0 saturated carbocycles. The Morgan fingerprint density at radius 2 is 1.75 bits per heavy atom. The third-order valence-electron chi connectivity index (χ3n) is 3.16. The number of aromatic nitrogens is 2. The highest BCUT2D eigenvalue weighted by Crippen LogP contribution is 2.31. The molecule has 6 heteroatoms. The molecule has 0 amide bonds. The molecule has 110 valence electrons. The number of hydrogen-bond donors (Lipinski definition) is 0. The molecule has 0 bridgehead atoms. The van der Waals surface area contributed by atoms with Crippen LogP contribution in [0.4, 0.5) is 5.82 Å². The minimum atomic E-state index is 0.664. The van der Waals surface area contributed by atoms with Crippen molar-refractivity contribution in [2.24, 2.45) is 0 Å². The van der Waals surface area contributed by atoms with Crippen LogP contribution >= 0.6 is 11.3 Å². The van der Waals surface area contributed by atoms with Crippen molar-refractivity contribution in [1.29, 1.82) is 0 Å². The predicted octanol–water partition coefficient (Wildman–Crippen LogP) is 2.41. The Kier molecular flexibility index (Phi) is 5.28. The largest absolute Gasteiger partial charge is 0.383 e. The molecular formula is C14H21N3O2S. The van der Waals surface area contributed by atoms with Gasteiger partial charge in [-0.15, -0.1) is 11.3 Å². The van der Waals surface area contributed by atoms with Crippen molar-refractivity contribution in [2.45, 2.75) is 13.8 Å². The molecule has 2 aromatic rings. The normalized spacial score (nSPS) is 11.2. The van der Waals surface area contributed by atoms with Crippen LogP contribution in [0, 0.1) is 13.8 Å². The second-order valence-corrected chi connectivity index (χ2v) is 5.70. The fraction of sp³-hybridized carbons (Fsp3) is 0.571. The van der Waals surface area contributed by atoms with Gasteiger partial charge in [0.25, 0.3) is 0 Å². The molecule has 0 aromatic carbocycles. The van der Waals surface area contributed by atoms with Gasteiger partial charge in [0.15, 0.2) is 0 Å². The summed E-state index contributed by atoms with van der Waals surface area (Å²) in [4.78, 5) is 12.6. The fourth-order valence-electron chi connectivity index (χ4n) is 2.16. The standard InChI is InChI=1S/C14H21N3O2S/c1-10-13-12(9-20-10)15-11(2)16-14(13)17(5-7-18-3)6-8-19-4/h9H,5-8H2,1-4H3. The van der Waals surface area contributed by atoms with Crippen LogP contribution in [0.2, 0.25) is 0 Å². The van der Waals surface area contributed by atoms with Gasteiger partial charge >= 0.3 is 0 Å². The van der Waals surface area contributed by atoms with E-state index in [9.17, 15) is 0 Å². The first kappa shape index (κ1) is 15.2. The number of hydrogen-bond acceptors (Lipinski definition) is 6. The molecule has 0 unspecified atom stereocenters. The van der Waals surface area contributed by atoms with E-state index in [0.29, 0.717) is 13.2 Å². The van der Waals surface area contributed by atoms with Crippen LogP contribution in [0.25, 0.3) is 10.9 Å². The number of fused-ring (bicyclic) bond motifs is 1. The molecular weight excluding hydrogens is 274 g/mol. The van der Waals surface area contributed by atoms with E-state index in [4.69, 9.17) is 9.47 Å². The minimum Gasteiger partial charge on any atom is -0.383 e. The molecule has 0 aliphatic carbocycles. The lowest BCUT2D eigenvalue weighted by molar-refractivity contribution is 0.190. The van der Waals surface area contributed by atoms with Crippen molar-refractivity contribution in [3.63, 3.8) is 0 Å². The minimum absolute atomic E-state index is 0.664. The van der Waals surface area contributed by atoms with E-state index in [1.54, 1.807) is 25.6 Å². The molecule has 0 saturated heterocycles. The summed E-state index contributed by atoms with van der Waals surface area (Å²) in [5, 5.41) is 3.24. The van der Waals surface area contributed by atoms with E-state index in [2.05, 4.69) is 27.2 Å². The second kappa shape index (κ2) is 6.97. The number of thiophene rings is 1. The summed E-state index contributed by atoms with van der Waals surface area (Å²) in [6.07, 6.45) is 0. The molecule has 2 rings (SSSR count). The van der Waals surface area contributed by atoms with Gasteiger partial charge < -0.3 is 14.4 Å². The maximum absolute atomic E-state index is 5.20. The van der Waals surface area contributed by atoms with Crippen LogP contribution in [-0.4, -0.2) is 50.5 Å². The first-order valence-corrected chi connectivity index (χ1v) is 7.50. The molecule has 0 aliphatic heterocycles. The zero-order valence-corrected chi connectivity index (χ0v) is 13.3. The Morgan fingerprint density at radius 1 is 1.10 bits per heavy atom. The highest BCUT2D eigenvalue weighted by Gasteiger charge is 2.16. The average Bonchev–Trinajstić information content (AvgIpc) is 2.80. The maximum atomic E-state index is 5.20. The van der Waals surface area contributed by atoms with Gasteiger partial charge in [-0.05, 0) is 13.8 Å². The first-order valence-electron chi connectivity index (χ1n) is 6.62. The number of aryl methyl sites for hydroxylation is 2. The van der Waals surface area contributed by atoms with Crippen molar-refractivity contribution < 1.29 is 9.47 Å². The van der Waals surface area contributed by atoms with Gasteiger partial charge in [-0.2, -0.15) is 0 Å². The summed E-state index contributed by atoms with van der Waals surface area (Å²) in [7, 11) is 3.43. The van der Waals surface area contributed by atoms with Crippen molar-refractivity contribution in [2.75, 3.05) is 45.4 Å². The van der Waals surface area contributed by atoms with Crippen LogP contribution < -0.4 is 4.90 Å². The summed E-state index contributed by atoms with van der Waals surface area (Å²) >= 11 is 1.71. The lowest BCUT2D eigenvalue weighted by Crippen LogP contribution is -2.31. The lowest BCUT2D eigenvalue weighted by Gasteiger charge is -2.24. The van der Waals surface area contributed by atoms with Gasteiger partial charge in [-0.3, -0.25) is 0 Å². The number of anilines is 1. The number of methoxy groups -OCH3 is 2. The molecule has 0 N–H and O–H groups in total. The molecule has 0 spiro atoms. The molecule has 20 heavy (non-hydrogen) atoms. The third-order valence-corrected chi connectivity index (χ3v) is 4.06. The molecule has 5 nitrogen and oxygen atoms in total. The van der Waals surface area contributed by atoms with Crippen LogP contribution in [0.1, 0.15) is 10.7 Å². The van der Waals surface area contributed by atoms with Crippen molar-refractivity contribution in [3.8, 4) is 0 Å². The Hall–Kier alpha value is -1.24. The maximum Gasteiger partial charge on any atom is 0.141 e. The Balaban J connectivity index is 2.42. The van der Waals surface area contributed by atoms with Crippen LogP contribution in [0.5, 0.6) is 0 Å². The smallest absolute Gasteiger partial charge is 0.141 e. The molecule has 0 aliphatic rings. The van der Waals surface area contributed by atoms with E-state index in [1.807, 2.05) is 6.92 Å². The monoisotopic (exact) mass is 295 g/mol. The Labute approximate surface area is 123 Å². The van der Waals surface area contributed by atoms with Gasteiger partial charge in [-0.1, -0.05) is 0 Å². The number of nitrogens with zero attached hydrogens (tertiary/aromatic N) is 3. The van der Waals surface area contributed by atoms with E-state index in [-0.39, 0.29) is 0 Å². The first-order chi connectivity index (χ1) is 9.67. The summed E-state index contributed by atoms with van der Waals surface area (Å²) in [6.45, 7) is 6.96.